The highest BCUT2D eigenvalue weighted by Crippen LogP contribution is 2.28. The van der Waals surface area contributed by atoms with Crippen LogP contribution in [0.3, 0.4) is 0 Å². The third-order valence-electron chi connectivity index (χ3n) is 5.69. The van der Waals surface area contributed by atoms with Crippen LogP contribution in [0.2, 0.25) is 0 Å². The summed E-state index contributed by atoms with van der Waals surface area (Å²) in [6.45, 7) is 5.97. The number of hydrogen-bond acceptors (Lipinski definition) is 5. The number of aromatic amines is 1. The fourth-order valence-electron chi connectivity index (χ4n) is 4.01. The van der Waals surface area contributed by atoms with Gasteiger partial charge >= 0.3 is 5.97 Å². The lowest BCUT2D eigenvalue weighted by Crippen LogP contribution is -2.05. The Labute approximate surface area is 191 Å². The monoisotopic (exact) mass is 440 g/mol. The van der Waals surface area contributed by atoms with E-state index in [0.717, 1.165) is 45.0 Å². The molecule has 0 radical (unpaired) electrons. The number of esters is 1. The highest BCUT2D eigenvalue weighted by Gasteiger charge is 2.15. The third kappa shape index (κ3) is 3.99. The van der Waals surface area contributed by atoms with Crippen LogP contribution in [-0.2, 0) is 4.74 Å². The van der Waals surface area contributed by atoms with Gasteiger partial charge in [-0.05, 0) is 74.4 Å². The molecule has 0 bridgehead atoms. The quantitative estimate of drug-likeness (QED) is 0.343. The number of carbonyl (C=O) groups excluding carboxylic acids is 1. The fourth-order valence-corrected chi connectivity index (χ4v) is 4.01. The molecule has 0 fully saturated rings. The molecule has 2 heterocycles. The molecular weight excluding hydrogens is 416 g/mol. The van der Waals surface area contributed by atoms with E-state index in [-0.39, 0.29) is 5.97 Å². The Morgan fingerprint density at radius 1 is 1.12 bits per heavy atom. The number of allylic oxidation sites excluding steroid dienone is 1. The molecule has 0 atom stereocenters. The average molecular weight is 441 g/mol. The van der Waals surface area contributed by atoms with Crippen molar-refractivity contribution in [2.45, 2.75) is 20.8 Å². The summed E-state index contributed by atoms with van der Waals surface area (Å²) in [5.74, 6) is 0.859. The molecule has 0 spiro atoms. The van der Waals surface area contributed by atoms with E-state index < -0.39 is 0 Å². The number of fused-ring (bicyclic) bond motifs is 1. The van der Waals surface area contributed by atoms with E-state index in [1.165, 1.54) is 7.11 Å². The minimum Gasteiger partial charge on any atom is -0.497 e. The van der Waals surface area contributed by atoms with Gasteiger partial charge in [-0.2, -0.15) is 5.26 Å². The number of carbonyl (C=O) groups is 1. The third-order valence-corrected chi connectivity index (χ3v) is 5.69. The van der Waals surface area contributed by atoms with Crippen LogP contribution in [0.25, 0.3) is 28.4 Å². The largest absolute Gasteiger partial charge is 0.497 e. The van der Waals surface area contributed by atoms with Gasteiger partial charge in [-0.3, -0.25) is 0 Å². The van der Waals surface area contributed by atoms with Crippen LogP contribution in [-0.4, -0.2) is 34.7 Å². The van der Waals surface area contributed by atoms with Gasteiger partial charge in [0.15, 0.2) is 0 Å². The Morgan fingerprint density at radius 3 is 2.58 bits per heavy atom. The number of methoxy groups -OCH3 is 2. The van der Waals surface area contributed by atoms with Crippen molar-refractivity contribution in [3.8, 4) is 17.5 Å². The number of nitriles is 1. The van der Waals surface area contributed by atoms with E-state index in [1.54, 1.807) is 13.2 Å². The standard InChI is InChI=1S/C26H24N4O3/c1-15-10-18(26(31)33-5)6-9-24(15)30-16(2)11-19(17(30)3)12-20(14-27)25-28-22-8-7-21(32-4)13-23(22)29-25/h6-13H,1-5H3,(H,28,29). The molecule has 7 heteroatoms. The van der Waals surface area contributed by atoms with Crippen molar-refractivity contribution >= 4 is 28.7 Å². The lowest BCUT2D eigenvalue weighted by Gasteiger charge is -2.14. The number of benzene rings is 2. The first-order valence-corrected chi connectivity index (χ1v) is 10.4. The van der Waals surface area contributed by atoms with Gasteiger partial charge in [-0.1, -0.05) is 0 Å². The van der Waals surface area contributed by atoms with Crippen molar-refractivity contribution in [2.75, 3.05) is 14.2 Å². The van der Waals surface area contributed by atoms with Crippen LogP contribution < -0.4 is 4.74 Å². The van der Waals surface area contributed by atoms with E-state index in [1.807, 2.05) is 63.2 Å². The number of aromatic nitrogens is 3. The predicted octanol–water partition coefficient (Wildman–Crippen LogP) is 5.14. The van der Waals surface area contributed by atoms with Gasteiger partial charge in [-0.25, -0.2) is 9.78 Å². The number of ether oxygens (including phenoxy) is 2. The van der Waals surface area contributed by atoms with Gasteiger partial charge in [0.05, 0.1) is 36.4 Å². The second kappa shape index (κ2) is 8.67. The molecule has 0 unspecified atom stereocenters. The van der Waals surface area contributed by atoms with Crippen molar-refractivity contribution in [3.63, 3.8) is 0 Å². The van der Waals surface area contributed by atoms with Crippen LogP contribution in [0.5, 0.6) is 5.75 Å². The SMILES string of the molecule is COC(=O)c1ccc(-n2c(C)cc(C=C(C#N)c3nc4ccc(OC)cc4[nH]3)c2C)c(C)c1. The summed E-state index contributed by atoms with van der Waals surface area (Å²) < 4.78 is 12.2. The van der Waals surface area contributed by atoms with E-state index in [4.69, 9.17) is 9.47 Å². The molecule has 0 saturated heterocycles. The zero-order valence-electron chi connectivity index (χ0n) is 19.2. The maximum absolute atomic E-state index is 11.9. The molecule has 1 N–H and O–H groups in total. The van der Waals surface area contributed by atoms with E-state index in [9.17, 15) is 10.1 Å². The van der Waals surface area contributed by atoms with E-state index in [0.29, 0.717) is 17.0 Å². The number of nitrogens with one attached hydrogen (secondary N) is 1. The van der Waals surface area contributed by atoms with Gasteiger partial charge in [0.2, 0.25) is 0 Å². The molecule has 4 rings (SSSR count). The average Bonchev–Trinajstić information content (AvgIpc) is 3.36. The zero-order valence-corrected chi connectivity index (χ0v) is 19.2. The molecule has 2 aromatic heterocycles. The molecule has 33 heavy (non-hydrogen) atoms. The summed E-state index contributed by atoms with van der Waals surface area (Å²) in [6.07, 6.45) is 1.84. The summed E-state index contributed by atoms with van der Waals surface area (Å²) in [5, 5.41) is 9.85. The zero-order chi connectivity index (χ0) is 23.7. The Hall–Kier alpha value is -4.31. The summed E-state index contributed by atoms with van der Waals surface area (Å²) in [4.78, 5) is 19.6. The molecule has 0 aliphatic rings. The lowest BCUT2D eigenvalue weighted by molar-refractivity contribution is 0.0600. The second-order valence-electron chi connectivity index (χ2n) is 7.79. The number of aryl methyl sites for hydroxylation is 2. The summed E-state index contributed by atoms with van der Waals surface area (Å²) in [5.41, 5.74) is 7.33. The van der Waals surface area contributed by atoms with Crippen LogP contribution in [0.1, 0.15) is 38.7 Å². The molecule has 7 nitrogen and oxygen atoms in total. The highest BCUT2D eigenvalue weighted by atomic mass is 16.5. The van der Waals surface area contributed by atoms with Crippen molar-refractivity contribution in [2.24, 2.45) is 0 Å². The first-order valence-electron chi connectivity index (χ1n) is 10.4. The number of nitrogens with zero attached hydrogens (tertiary/aromatic N) is 3. The van der Waals surface area contributed by atoms with Crippen LogP contribution in [0, 0.1) is 32.1 Å². The molecular formula is C26H24N4O3. The topological polar surface area (TPSA) is 92.9 Å². The van der Waals surface area contributed by atoms with Gasteiger partial charge < -0.3 is 19.0 Å². The maximum Gasteiger partial charge on any atom is 0.337 e. The van der Waals surface area contributed by atoms with Crippen molar-refractivity contribution in [1.82, 2.24) is 14.5 Å². The molecule has 0 saturated carbocycles. The minimum atomic E-state index is -0.365. The molecule has 0 aliphatic carbocycles. The smallest absolute Gasteiger partial charge is 0.337 e. The van der Waals surface area contributed by atoms with Gasteiger partial charge in [-0.15, -0.1) is 0 Å². The summed E-state index contributed by atoms with van der Waals surface area (Å²) >= 11 is 0. The highest BCUT2D eigenvalue weighted by molar-refractivity contribution is 5.91. The number of rotatable bonds is 5. The fraction of sp³-hybridized carbons (Fsp3) is 0.192. The summed E-state index contributed by atoms with van der Waals surface area (Å²) in [6, 6.07) is 15.3. The van der Waals surface area contributed by atoms with E-state index >= 15 is 0 Å². The Balaban J connectivity index is 1.76. The number of hydrogen-bond donors (Lipinski definition) is 1. The van der Waals surface area contributed by atoms with Crippen LogP contribution in [0.4, 0.5) is 0 Å². The van der Waals surface area contributed by atoms with E-state index in [2.05, 4.69) is 20.6 Å². The van der Waals surface area contributed by atoms with Gasteiger partial charge in [0.1, 0.15) is 17.6 Å². The number of imidazole rings is 1. The second-order valence-corrected chi connectivity index (χ2v) is 7.79. The maximum atomic E-state index is 11.9. The summed E-state index contributed by atoms with van der Waals surface area (Å²) in [7, 11) is 2.98. The Morgan fingerprint density at radius 2 is 1.91 bits per heavy atom. The molecule has 166 valence electrons. The number of H-pyrrole nitrogens is 1. The Bertz CT molecular complexity index is 1450. The van der Waals surface area contributed by atoms with Crippen LogP contribution in [0.15, 0.2) is 42.5 Å². The van der Waals surface area contributed by atoms with Crippen molar-refractivity contribution < 1.29 is 14.3 Å². The van der Waals surface area contributed by atoms with Gasteiger partial charge in [0, 0.05) is 23.1 Å². The molecule has 0 amide bonds. The predicted molar refractivity (Wildman–Crippen MR) is 127 cm³/mol. The Kier molecular flexibility index (Phi) is 5.76. The van der Waals surface area contributed by atoms with Gasteiger partial charge in [0.25, 0.3) is 0 Å². The van der Waals surface area contributed by atoms with Crippen LogP contribution >= 0.6 is 0 Å². The molecule has 2 aromatic carbocycles. The lowest BCUT2D eigenvalue weighted by atomic mass is 10.1. The first-order chi connectivity index (χ1) is 15.9. The normalized spacial score (nSPS) is 11.5. The molecule has 0 aliphatic heterocycles. The van der Waals surface area contributed by atoms with Crippen molar-refractivity contribution in [1.29, 1.82) is 5.26 Å². The minimum absolute atomic E-state index is 0.365. The first kappa shape index (κ1) is 21.9. The van der Waals surface area contributed by atoms with Crippen molar-refractivity contribution in [3.05, 3.63) is 76.4 Å². The molecule has 4 aromatic rings.